The Balaban J connectivity index is 1.72. The van der Waals surface area contributed by atoms with Gasteiger partial charge in [0.1, 0.15) is 5.75 Å². The topological polar surface area (TPSA) is 42.6 Å². The van der Waals surface area contributed by atoms with Gasteiger partial charge < -0.3 is 14.2 Å². The van der Waals surface area contributed by atoms with Gasteiger partial charge in [-0.25, -0.2) is 4.99 Å². The molecule has 2 heterocycles. The molecule has 6 heteroatoms. The number of pyridine rings is 1. The Morgan fingerprint density at radius 2 is 1.88 bits per heavy atom. The smallest absolute Gasteiger partial charge is 0.190 e. The molecule has 0 aliphatic heterocycles. The van der Waals surface area contributed by atoms with Gasteiger partial charge in [0.15, 0.2) is 4.80 Å². The van der Waals surface area contributed by atoms with Crippen LogP contribution in [0, 0.1) is 0 Å². The Kier molecular flexibility index (Phi) is 7.35. The predicted molar refractivity (Wildman–Crippen MR) is 134 cm³/mol. The van der Waals surface area contributed by atoms with Gasteiger partial charge in [0.2, 0.25) is 0 Å². The van der Waals surface area contributed by atoms with E-state index in [0.717, 1.165) is 48.8 Å². The van der Waals surface area contributed by atoms with Crippen LogP contribution in [-0.2, 0) is 6.54 Å². The number of aromatic nitrogens is 2. The van der Waals surface area contributed by atoms with Crippen molar-refractivity contribution in [2.45, 2.75) is 26.8 Å². The summed E-state index contributed by atoms with van der Waals surface area (Å²) < 4.78 is 7.73. The van der Waals surface area contributed by atoms with Crippen LogP contribution in [0.3, 0.4) is 0 Å². The van der Waals surface area contributed by atoms with E-state index in [-0.39, 0.29) is 0 Å². The molecule has 4 aromatic rings. The number of hydrogen-bond acceptors (Lipinski definition) is 5. The molecule has 0 atom stereocenters. The Hall–Kier alpha value is -2.96. The molecule has 0 bridgehead atoms. The molecule has 0 radical (unpaired) electrons. The fourth-order valence-electron chi connectivity index (χ4n) is 3.90. The Morgan fingerprint density at radius 1 is 1.06 bits per heavy atom. The van der Waals surface area contributed by atoms with E-state index in [1.807, 2.05) is 24.4 Å². The number of methoxy groups -OCH3 is 1. The number of thiazole rings is 1. The maximum Gasteiger partial charge on any atom is 0.190 e. The number of ether oxygens (including phenoxy) is 1. The third-order valence-corrected chi connectivity index (χ3v) is 6.63. The SMILES string of the molecule is CCN(CC)CCCn1c(-c2ccc3cc(OC)ccc3c2)csc1=Nc1cccnc1. The fourth-order valence-corrected chi connectivity index (χ4v) is 4.85. The number of hydrogen-bond donors (Lipinski definition) is 0. The van der Waals surface area contributed by atoms with Gasteiger partial charge in [-0.3, -0.25) is 4.98 Å². The minimum atomic E-state index is 0.879. The van der Waals surface area contributed by atoms with E-state index in [0.29, 0.717) is 0 Å². The first-order chi connectivity index (χ1) is 15.7. The first-order valence-corrected chi connectivity index (χ1v) is 12.0. The van der Waals surface area contributed by atoms with Gasteiger partial charge in [0.25, 0.3) is 0 Å². The summed E-state index contributed by atoms with van der Waals surface area (Å²) >= 11 is 1.68. The standard InChI is InChI=1S/C26H30N4OS/c1-4-29(5-2)14-7-15-30-25(19-32-26(30)28-23-8-6-13-27-18-23)22-10-9-21-17-24(31-3)12-11-20(21)16-22/h6,8-13,16-19H,4-5,7,14-15H2,1-3H3. The lowest BCUT2D eigenvalue weighted by molar-refractivity contribution is 0.293. The Labute approximate surface area is 193 Å². The van der Waals surface area contributed by atoms with Gasteiger partial charge in [-0.05, 0) is 72.7 Å². The van der Waals surface area contributed by atoms with Gasteiger partial charge in [0.05, 0.1) is 24.7 Å². The van der Waals surface area contributed by atoms with Crippen molar-refractivity contribution in [2.24, 2.45) is 4.99 Å². The molecule has 4 rings (SSSR count). The average Bonchev–Trinajstić information content (AvgIpc) is 3.24. The van der Waals surface area contributed by atoms with Crippen LogP contribution in [0.1, 0.15) is 20.3 Å². The Morgan fingerprint density at radius 3 is 2.62 bits per heavy atom. The molecule has 0 saturated heterocycles. The summed E-state index contributed by atoms with van der Waals surface area (Å²) in [5.74, 6) is 0.879. The van der Waals surface area contributed by atoms with Crippen LogP contribution in [0.25, 0.3) is 22.0 Å². The van der Waals surface area contributed by atoms with Crippen molar-refractivity contribution in [3.05, 3.63) is 71.1 Å². The molecule has 0 spiro atoms. The zero-order valence-electron chi connectivity index (χ0n) is 19.0. The molecule has 166 valence electrons. The summed E-state index contributed by atoms with van der Waals surface area (Å²) in [4.78, 5) is 12.6. The molecule has 0 aliphatic carbocycles. The predicted octanol–water partition coefficient (Wildman–Crippen LogP) is 5.74. The molecule has 0 saturated carbocycles. The van der Waals surface area contributed by atoms with E-state index >= 15 is 0 Å². The fraction of sp³-hybridized carbons (Fsp3) is 0.308. The zero-order chi connectivity index (χ0) is 22.3. The highest BCUT2D eigenvalue weighted by Crippen LogP contribution is 2.28. The van der Waals surface area contributed by atoms with Gasteiger partial charge in [-0.15, -0.1) is 11.3 Å². The van der Waals surface area contributed by atoms with E-state index < -0.39 is 0 Å². The van der Waals surface area contributed by atoms with Gasteiger partial charge >= 0.3 is 0 Å². The van der Waals surface area contributed by atoms with Crippen molar-refractivity contribution in [3.63, 3.8) is 0 Å². The number of fused-ring (bicyclic) bond motifs is 1. The van der Waals surface area contributed by atoms with E-state index in [2.05, 4.69) is 64.0 Å². The highest BCUT2D eigenvalue weighted by Gasteiger charge is 2.10. The molecule has 0 unspecified atom stereocenters. The molecule has 0 amide bonds. The molecule has 0 fully saturated rings. The lowest BCUT2D eigenvalue weighted by atomic mass is 10.0. The van der Waals surface area contributed by atoms with E-state index in [1.165, 1.54) is 22.0 Å². The summed E-state index contributed by atoms with van der Waals surface area (Å²) in [5.41, 5.74) is 3.29. The van der Waals surface area contributed by atoms with Gasteiger partial charge in [-0.1, -0.05) is 32.0 Å². The van der Waals surface area contributed by atoms with Crippen LogP contribution >= 0.6 is 11.3 Å². The first-order valence-electron chi connectivity index (χ1n) is 11.2. The lowest BCUT2D eigenvalue weighted by Crippen LogP contribution is -2.26. The molecule has 32 heavy (non-hydrogen) atoms. The summed E-state index contributed by atoms with van der Waals surface area (Å²) in [7, 11) is 1.70. The van der Waals surface area contributed by atoms with E-state index in [4.69, 9.17) is 9.73 Å². The molecule has 0 aliphatic rings. The van der Waals surface area contributed by atoms with Crippen molar-refractivity contribution in [3.8, 4) is 17.0 Å². The second-order valence-corrected chi connectivity index (χ2v) is 8.52. The minimum Gasteiger partial charge on any atom is -0.497 e. The molecular weight excluding hydrogens is 416 g/mol. The summed E-state index contributed by atoms with van der Waals surface area (Å²) in [6.45, 7) is 8.62. The molecule has 0 N–H and O–H groups in total. The van der Waals surface area contributed by atoms with Gasteiger partial charge in [-0.2, -0.15) is 0 Å². The highest BCUT2D eigenvalue weighted by molar-refractivity contribution is 7.07. The van der Waals surface area contributed by atoms with E-state index in [9.17, 15) is 0 Å². The third-order valence-electron chi connectivity index (χ3n) is 5.76. The van der Waals surface area contributed by atoms with Crippen LogP contribution in [0.4, 0.5) is 5.69 Å². The average molecular weight is 447 g/mol. The maximum absolute atomic E-state index is 5.37. The summed E-state index contributed by atoms with van der Waals surface area (Å²) in [6, 6.07) is 16.8. The van der Waals surface area contributed by atoms with Crippen LogP contribution < -0.4 is 9.54 Å². The first kappa shape index (κ1) is 22.2. The molecule has 2 aromatic heterocycles. The molecule has 5 nitrogen and oxygen atoms in total. The van der Waals surface area contributed by atoms with Crippen LogP contribution in [0.15, 0.2) is 71.3 Å². The number of benzene rings is 2. The summed E-state index contributed by atoms with van der Waals surface area (Å²) in [5, 5.41) is 4.60. The zero-order valence-corrected chi connectivity index (χ0v) is 19.8. The second-order valence-electron chi connectivity index (χ2n) is 7.69. The van der Waals surface area contributed by atoms with Crippen molar-refractivity contribution >= 4 is 27.8 Å². The molecule has 2 aromatic carbocycles. The quantitative estimate of drug-likeness (QED) is 0.329. The largest absolute Gasteiger partial charge is 0.497 e. The maximum atomic E-state index is 5.37. The van der Waals surface area contributed by atoms with E-state index in [1.54, 1.807) is 24.6 Å². The third kappa shape index (κ3) is 5.09. The Bertz CT molecular complexity index is 1230. The highest BCUT2D eigenvalue weighted by atomic mass is 32.1. The summed E-state index contributed by atoms with van der Waals surface area (Å²) in [6.07, 6.45) is 4.67. The second kappa shape index (κ2) is 10.6. The van der Waals surface area contributed by atoms with Gasteiger partial charge in [0, 0.05) is 18.1 Å². The van der Waals surface area contributed by atoms with Crippen molar-refractivity contribution in [1.82, 2.24) is 14.5 Å². The van der Waals surface area contributed by atoms with Crippen molar-refractivity contribution in [2.75, 3.05) is 26.7 Å². The van der Waals surface area contributed by atoms with Crippen LogP contribution in [0.5, 0.6) is 5.75 Å². The lowest BCUT2D eigenvalue weighted by Gasteiger charge is -2.18. The minimum absolute atomic E-state index is 0.879. The number of rotatable bonds is 9. The van der Waals surface area contributed by atoms with Crippen molar-refractivity contribution < 1.29 is 4.74 Å². The number of nitrogens with zero attached hydrogens (tertiary/aromatic N) is 4. The normalized spacial score (nSPS) is 12.1. The molecular formula is C26H30N4OS. The van der Waals surface area contributed by atoms with Crippen LogP contribution in [0.2, 0.25) is 0 Å². The monoisotopic (exact) mass is 446 g/mol. The van der Waals surface area contributed by atoms with Crippen molar-refractivity contribution in [1.29, 1.82) is 0 Å². The van der Waals surface area contributed by atoms with Crippen LogP contribution in [-0.4, -0.2) is 41.2 Å².